The van der Waals surface area contributed by atoms with Crippen LogP contribution >= 0.6 is 0 Å². The summed E-state index contributed by atoms with van der Waals surface area (Å²) < 4.78 is 5.47. The fourth-order valence-corrected chi connectivity index (χ4v) is 2.10. The lowest BCUT2D eigenvalue weighted by atomic mass is 10.1. The van der Waals surface area contributed by atoms with Crippen LogP contribution in [0.4, 0.5) is 5.69 Å². The van der Waals surface area contributed by atoms with Crippen LogP contribution < -0.4 is 15.8 Å². The van der Waals surface area contributed by atoms with E-state index in [1.54, 1.807) is 18.2 Å². The number of hydrogen-bond donors (Lipinski definition) is 2. The molecular weight excluding hydrogens is 264 g/mol. The lowest BCUT2D eigenvalue weighted by Crippen LogP contribution is -2.26. The fraction of sp³-hybridized carbons (Fsp3) is 0.235. The Balaban J connectivity index is 1.99. The first-order valence-electron chi connectivity index (χ1n) is 7.05. The first-order valence-corrected chi connectivity index (χ1v) is 7.05. The zero-order valence-corrected chi connectivity index (χ0v) is 12.1. The van der Waals surface area contributed by atoms with Gasteiger partial charge in [0.2, 0.25) is 0 Å². The zero-order valence-electron chi connectivity index (χ0n) is 12.1. The van der Waals surface area contributed by atoms with Gasteiger partial charge in [0, 0.05) is 6.54 Å². The van der Waals surface area contributed by atoms with Crippen LogP contribution in [0.25, 0.3) is 0 Å². The van der Waals surface area contributed by atoms with Crippen molar-refractivity contribution < 1.29 is 9.53 Å². The number of benzene rings is 2. The summed E-state index contributed by atoms with van der Waals surface area (Å²) >= 11 is 0. The second kappa shape index (κ2) is 7.33. The number of nitrogens with two attached hydrogens (primary N) is 1. The molecule has 0 saturated carbocycles. The van der Waals surface area contributed by atoms with Crippen molar-refractivity contribution in [1.82, 2.24) is 5.32 Å². The van der Waals surface area contributed by atoms with Gasteiger partial charge in [-0.25, -0.2) is 0 Å². The van der Waals surface area contributed by atoms with Crippen LogP contribution in [-0.2, 0) is 6.42 Å². The molecule has 0 unspecified atom stereocenters. The molecule has 4 heteroatoms. The molecule has 0 aliphatic rings. The van der Waals surface area contributed by atoms with E-state index in [0.29, 0.717) is 30.2 Å². The number of para-hydroxylation sites is 1. The third kappa shape index (κ3) is 3.99. The molecule has 0 aromatic heterocycles. The maximum Gasteiger partial charge on any atom is 0.255 e. The summed E-state index contributed by atoms with van der Waals surface area (Å²) in [6, 6.07) is 15.2. The van der Waals surface area contributed by atoms with Crippen LogP contribution in [0.3, 0.4) is 0 Å². The number of hydrogen-bond acceptors (Lipinski definition) is 3. The van der Waals surface area contributed by atoms with Crippen LogP contribution in [0.2, 0.25) is 0 Å². The van der Waals surface area contributed by atoms with E-state index in [1.807, 2.05) is 37.3 Å². The van der Waals surface area contributed by atoms with Gasteiger partial charge in [-0.05, 0) is 31.0 Å². The molecule has 0 fully saturated rings. The van der Waals surface area contributed by atoms with Gasteiger partial charge in [-0.2, -0.15) is 0 Å². The average molecular weight is 284 g/mol. The van der Waals surface area contributed by atoms with Gasteiger partial charge in [0.15, 0.2) is 5.75 Å². The van der Waals surface area contributed by atoms with E-state index in [9.17, 15) is 4.79 Å². The minimum atomic E-state index is -0.165. The number of rotatable bonds is 6. The molecule has 2 rings (SSSR count). The second-order valence-electron chi connectivity index (χ2n) is 4.65. The van der Waals surface area contributed by atoms with E-state index >= 15 is 0 Å². The van der Waals surface area contributed by atoms with Gasteiger partial charge in [0.1, 0.15) is 0 Å². The first-order chi connectivity index (χ1) is 10.2. The summed E-state index contributed by atoms with van der Waals surface area (Å²) in [6.07, 6.45) is 0.791. The predicted molar refractivity (Wildman–Crippen MR) is 84.5 cm³/mol. The predicted octanol–water partition coefficient (Wildman–Crippen LogP) is 2.64. The largest absolute Gasteiger partial charge is 0.491 e. The third-order valence-corrected chi connectivity index (χ3v) is 3.12. The van der Waals surface area contributed by atoms with Gasteiger partial charge in [0.25, 0.3) is 5.91 Å². The van der Waals surface area contributed by atoms with Crippen molar-refractivity contribution in [1.29, 1.82) is 0 Å². The minimum Gasteiger partial charge on any atom is -0.491 e. The quantitative estimate of drug-likeness (QED) is 0.801. The van der Waals surface area contributed by atoms with Crippen LogP contribution in [-0.4, -0.2) is 19.1 Å². The van der Waals surface area contributed by atoms with E-state index < -0.39 is 0 Å². The zero-order chi connectivity index (χ0) is 15.1. The van der Waals surface area contributed by atoms with Crippen molar-refractivity contribution in [3.05, 3.63) is 59.7 Å². The fourth-order valence-electron chi connectivity index (χ4n) is 2.10. The smallest absolute Gasteiger partial charge is 0.255 e. The van der Waals surface area contributed by atoms with Crippen LogP contribution in [0.1, 0.15) is 22.8 Å². The average Bonchev–Trinajstić information content (AvgIpc) is 2.50. The minimum absolute atomic E-state index is 0.165. The molecule has 0 aliphatic heterocycles. The number of amides is 1. The molecule has 0 aliphatic carbocycles. The number of anilines is 1. The number of nitrogen functional groups attached to an aromatic ring is 1. The highest BCUT2D eigenvalue weighted by Gasteiger charge is 2.14. The monoisotopic (exact) mass is 284 g/mol. The maximum absolute atomic E-state index is 12.2. The van der Waals surface area contributed by atoms with E-state index in [0.717, 1.165) is 6.42 Å². The van der Waals surface area contributed by atoms with Gasteiger partial charge >= 0.3 is 0 Å². The van der Waals surface area contributed by atoms with Gasteiger partial charge < -0.3 is 15.8 Å². The first kappa shape index (κ1) is 14.9. The molecule has 2 aromatic rings. The number of carbonyl (C=O) groups is 1. The molecule has 0 atom stereocenters. The third-order valence-electron chi connectivity index (χ3n) is 3.12. The Morgan fingerprint density at radius 2 is 1.90 bits per heavy atom. The summed E-state index contributed by atoms with van der Waals surface area (Å²) in [6.45, 7) is 2.91. The lowest BCUT2D eigenvalue weighted by molar-refractivity contribution is 0.0950. The Labute approximate surface area is 124 Å². The Morgan fingerprint density at radius 3 is 2.62 bits per heavy atom. The topological polar surface area (TPSA) is 64.3 Å². The van der Waals surface area contributed by atoms with Crippen molar-refractivity contribution in [2.24, 2.45) is 0 Å². The van der Waals surface area contributed by atoms with E-state index in [4.69, 9.17) is 10.5 Å². The highest BCUT2D eigenvalue weighted by Crippen LogP contribution is 2.26. The Morgan fingerprint density at radius 1 is 1.14 bits per heavy atom. The van der Waals surface area contributed by atoms with E-state index in [1.165, 1.54) is 5.56 Å². The summed E-state index contributed by atoms with van der Waals surface area (Å²) in [7, 11) is 0. The highest BCUT2D eigenvalue weighted by molar-refractivity contribution is 5.98. The van der Waals surface area contributed by atoms with E-state index in [2.05, 4.69) is 5.32 Å². The molecular formula is C17H20N2O2. The van der Waals surface area contributed by atoms with Gasteiger partial charge in [0.05, 0.1) is 17.9 Å². The summed E-state index contributed by atoms with van der Waals surface area (Å²) in [5.74, 6) is 0.291. The second-order valence-corrected chi connectivity index (χ2v) is 4.65. The molecule has 21 heavy (non-hydrogen) atoms. The van der Waals surface area contributed by atoms with Gasteiger partial charge in [-0.15, -0.1) is 0 Å². The molecule has 2 aromatic carbocycles. The molecule has 3 N–H and O–H groups in total. The maximum atomic E-state index is 12.2. The van der Waals surface area contributed by atoms with Crippen molar-refractivity contribution in [2.75, 3.05) is 18.9 Å². The number of ether oxygens (including phenoxy) is 1. The summed E-state index contributed by atoms with van der Waals surface area (Å²) in [4.78, 5) is 12.2. The molecule has 0 spiro atoms. The Hall–Kier alpha value is -2.49. The van der Waals surface area contributed by atoms with Crippen molar-refractivity contribution >= 4 is 11.6 Å². The number of carbonyl (C=O) groups excluding carboxylic acids is 1. The summed E-state index contributed by atoms with van der Waals surface area (Å²) in [5, 5.41) is 2.90. The highest BCUT2D eigenvalue weighted by atomic mass is 16.5. The van der Waals surface area contributed by atoms with E-state index in [-0.39, 0.29) is 5.91 Å². The van der Waals surface area contributed by atoms with Crippen LogP contribution in [0, 0.1) is 0 Å². The van der Waals surface area contributed by atoms with Gasteiger partial charge in [-0.3, -0.25) is 4.79 Å². The normalized spacial score (nSPS) is 10.1. The Bertz CT molecular complexity index is 597. The molecule has 0 radical (unpaired) electrons. The lowest BCUT2D eigenvalue weighted by Gasteiger charge is -2.12. The Kier molecular flexibility index (Phi) is 5.21. The van der Waals surface area contributed by atoms with Crippen LogP contribution in [0.15, 0.2) is 48.5 Å². The molecule has 0 bridgehead atoms. The summed E-state index contributed by atoms with van der Waals surface area (Å²) in [5.41, 5.74) is 8.01. The van der Waals surface area contributed by atoms with Crippen molar-refractivity contribution in [3.8, 4) is 5.75 Å². The van der Waals surface area contributed by atoms with Crippen molar-refractivity contribution in [2.45, 2.75) is 13.3 Å². The van der Waals surface area contributed by atoms with Crippen LogP contribution in [0.5, 0.6) is 5.75 Å². The standard InChI is InChI=1S/C17H20N2O2/c1-2-21-16-14(9-6-10-15(16)18)17(20)19-12-11-13-7-4-3-5-8-13/h3-10H,2,11-12,18H2,1H3,(H,19,20). The molecule has 0 heterocycles. The SMILES string of the molecule is CCOc1c(N)cccc1C(=O)NCCc1ccccc1. The van der Waals surface area contributed by atoms with Crippen molar-refractivity contribution in [3.63, 3.8) is 0 Å². The van der Waals surface area contributed by atoms with Gasteiger partial charge in [-0.1, -0.05) is 36.4 Å². The molecule has 4 nitrogen and oxygen atoms in total. The molecule has 0 saturated heterocycles. The molecule has 1 amide bonds. The number of nitrogens with one attached hydrogen (secondary N) is 1. The molecule has 110 valence electrons.